The van der Waals surface area contributed by atoms with E-state index in [1.54, 1.807) is 7.11 Å². The number of methoxy groups -OCH3 is 1. The molecule has 1 aromatic carbocycles. The third-order valence-corrected chi connectivity index (χ3v) is 3.18. The van der Waals surface area contributed by atoms with Crippen LogP contribution >= 0.6 is 0 Å². The maximum Gasteiger partial charge on any atom is 0.170 e. The minimum Gasteiger partial charge on any atom is -0.497 e. The summed E-state index contributed by atoms with van der Waals surface area (Å²) in [6.45, 7) is 3.02. The van der Waals surface area contributed by atoms with Crippen LogP contribution < -0.4 is 14.8 Å². The normalized spacial score (nSPS) is 10.6. The summed E-state index contributed by atoms with van der Waals surface area (Å²) in [6.07, 6.45) is 0. The molecule has 20 heavy (non-hydrogen) atoms. The second-order valence-electron chi connectivity index (χ2n) is 4.52. The van der Waals surface area contributed by atoms with Crippen molar-refractivity contribution in [1.82, 2.24) is 20.1 Å². The second kappa shape index (κ2) is 6.38. The van der Waals surface area contributed by atoms with Crippen LogP contribution in [0.1, 0.15) is 17.2 Å². The minimum atomic E-state index is 0.376. The van der Waals surface area contributed by atoms with Gasteiger partial charge in [-0.1, -0.05) is 6.07 Å². The number of hydrogen-bond acceptors (Lipinski definition) is 5. The molecule has 2 aromatic rings. The Hall–Kier alpha value is -2.08. The first-order valence-electron chi connectivity index (χ1n) is 6.45. The van der Waals surface area contributed by atoms with E-state index in [9.17, 15) is 0 Å². The van der Waals surface area contributed by atoms with Gasteiger partial charge in [0, 0.05) is 25.2 Å². The molecule has 0 saturated heterocycles. The zero-order valence-electron chi connectivity index (χ0n) is 12.3. The van der Waals surface area contributed by atoms with Crippen LogP contribution in [-0.2, 0) is 20.2 Å². The van der Waals surface area contributed by atoms with Gasteiger partial charge in [0.1, 0.15) is 23.9 Å². The predicted molar refractivity (Wildman–Crippen MR) is 75.8 cm³/mol. The lowest BCUT2D eigenvalue weighted by Gasteiger charge is -2.12. The number of benzene rings is 1. The van der Waals surface area contributed by atoms with Crippen molar-refractivity contribution < 1.29 is 9.47 Å². The summed E-state index contributed by atoms with van der Waals surface area (Å²) < 4.78 is 13.0. The van der Waals surface area contributed by atoms with Gasteiger partial charge in [-0.25, -0.2) is 0 Å². The molecule has 1 heterocycles. The molecule has 0 aliphatic rings. The Morgan fingerprint density at radius 1 is 1.30 bits per heavy atom. The van der Waals surface area contributed by atoms with Gasteiger partial charge in [-0.2, -0.15) is 0 Å². The van der Waals surface area contributed by atoms with Crippen LogP contribution in [-0.4, -0.2) is 28.9 Å². The SMILES string of the molecule is CNCc1ccc(OC)cc1OCc1nnc(C)n1C. The fourth-order valence-electron chi connectivity index (χ4n) is 1.85. The monoisotopic (exact) mass is 276 g/mol. The maximum absolute atomic E-state index is 5.87. The lowest BCUT2D eigenvalue weighted by Crippen LogP contribution is -2.09. The number of nitrogens with one attached hydrogen (secondary N) is 1. The Bertz CT molecular complexity index is 581. The molecule has 108 valence electrons. The van der Waals surface area contributed by atoms with Crippen LogP contribution in [0.15, 0.2) is 18.2 Å². The fraction of sp³-hybridized carbons (Fsp3) is 0.429. The predicted octanol–water partition coefficient (Wildman–Crippen LogP) is 1.43. The lowest BCUT2D eigenvalue weighted by atomic mass is 10.2. The Labute approximate surface area is 118 Å². The van der Waals surface area contributed by atoms with Crippen molar-refractivity contribution in [2.75, 3.05) is 14.2 Å². The molecular formula is C14H20N4O2. The first-order valence-corrected chi connectivity index (χ1v) is 6.45. The van der Waals surface area contributed by atoms with Crippen LogP contribution in [0.3, 0.4) is 0 Å². The van der Waals surface area contributed by atoms with Gasteiger partial charge in [0.15, 0.2) is 5.82 Å². The van der Waals surface area contributed by atoms with Gasteiger partial charge in [0.2, 0.25) is 0 Å². The topological polar surface area (TPSA) is 61.2 Å². The summed E-state index contributed by atoms with van der Waals surface area (Å²) in [4.78, 5) is 0. The molecule has 0 radical (unpaired) electrons. The standard InChI is InChI=1S/C14H20N4O2/c1-10-16-17-14(18(10)3)9-20-13-7-12(19-4)6-5-11(13)8-15-2/h5-7,15H,8-9H2,1-4H3. The Balaban J connectivity index is 2.16. The van der Waals surface area contributed by atoms with Crippen molar-refractivity contribution in [3.63, 3.8) is 0 Å². The van der Waals surface area contributed by atoms with Crippen molar-refractivity contribution in [1.29, 1.82) is 0 Å². The summed E-state index contributed by atoms with van der Waals surface area (Å²) in [5.74, 6) is 3.22. The summed E-state index contributed by atoms with van der Waals surface area (Å²) in [6, 6.07) is 5.80. The van der Waals surface area contributed by atoms with E-state index < -0.39 is 0 Å². The Kier molecular flexibility index (Phi) is 4.57. The van der Waals surface area contributed by atoms with Gasteiger partial charge in [-0.05, 0) is 20.0 Å². The van der Waals surface area contributed by atoms with Gasteiger partial charge >= 0.3 is 0 Å². The minimum absolute atomic E-state index is 0.376. The van der Waals surface area contributed by atoms with Crippen LogP contribution in [0, 0.1) is 6.92 Å². The summed E-state index contributed by atoms with van der Waals surface area (Å²) >= 11 is 0. The molecule has 0 saturated carbocycles. The molecule has 0 amide bonds. The molecule has 0 bridgehead atoms. The van der Waals surface area contributed by atoms with Crippen LogP contribution in [0.25, 0.3) is 0 Å². The largest absolute Gasteiger partial charge is 0.497 e. The molecule has 0 aliphatic carbocycles. The molecule has 0 spiro atoms. The molecule has 6 nitrogen and oxygen atoms in total. The maximum atomic E-state index is 5.87. The highest BCUT2D eigenvalue weighted by Crippen LogP contribution is 2.25. The van der Waals surface area contributed by atoms with Crippen molar-refractivity contribution in [3.05, 3.63) is 35.4 Å². The van der Waals surface area contributed by atoms with E-state index in [2.05, 4.69) is 15.5 Å². The van der Waals surface area contributed by atoms with E-state index in [1.807, 2.05) is 43.8 Å². The molecule has 0 atom stereocenters. The molecule has 2 rings (SSSR count). The zero-order chi connectivity index (χ0) is 14.5. The number of aryl methyl sites for hydroxylation is 1. The molecule has 0 aliphatic heterocycles. The Morgan fingerprint density at radius 2 is 2.10 bits per heavy atom. The Morgan fingerprint density at radius 3 is 2.70 bits per heavy atom. The lowest BCUT2D eigenvalue weighted by molar-refractivity contribution is 0.285. The highest BCUT2D eigenvalue weighted by molar-refractivity contribution is 5.40. The van der Waals surface area contributed by atoms with Crippen molar-refractivity contribution >= 4 is 0 Å². The third-order valence-electron chi connectivity index (χ3n) is 3.18. The van der Waals surface area contributed by atoms with Crippen molar-refractivity contribution in [2.45, 2.75) is 20.1 Å². The van der Waals surface area contributed by atoms with Crippen LogP contribution in [0.2, 0.25) is 0 Å². The van der Waals surface area contributed by atoms with Gasteiger partial charge in [0.05, 0.1) is 7.11 Å². The number of rotatable bonds is 6. The number of ether oxygens (including phenoxy) is 2. The van der Waals surface area contributed by atoms with Gasteiger partial charge in [-0.15, -0.1) is 10.2 Å². The second-order valence-corrected chi connectivity index (χ2v) is 4.52. The van der Waals surface area contributed by atoms with Crippen LogP contribution in [0.4, 0.5) is 0 Å². The molecule has 6 heteroatoms. The third kappa shape index (κ3) is 3.08. The first-order chi connectivity index (χ1) is 9.65. The average Bonchev–Trinajstić information content (AvgIpc) is 2.78. The molecule has 1 aromatic heterocycles. The highest BCUT2D eigenvalue weighted by atomic mass is 16.5. The van der Waals surface area contributed by atoms with Crippen molar-refractivity contribution in [3.8, 4) is 11.5 Å². The van der Waals surface area contributed by atoms with Crippen LogP contribution in [0.5, 0.6) is 11.5 Å². The highest BCUT2D eigenvalue weighted by Gasteiger charge is 2.09. The summed E-state index contributed by atoms with van der Waals surface area (Å²) in [5, 5.41) is 11.2. The zero-order valence-corrected chi connectivity index (χ0v) is 12.3. The van der Waals surface area contributed by atoms with E-state index in [-0.39, 0.29) is 0 Å². The fourth-order valence-corrected chi connectivity index (χ4v) is 1.85. The molecule has 0 fully saturated rings. The van der Waals surface area contributed by atoms with Gasteiger partial charge in [-0.3, -0.25) is 0 Å². The van der Waals surface area contributed by atoms with Gasteiger partial charge < -0.3 is 19.4 Å². The van der Waals surface area contributed by atoms with E-state index >= 15 is 0 Å². The number of nitrogens with zero attached hydrogens (tertiary/aromatic N) is 3. The average molecular weight is 276 g/mol. The summed E-state index contributed by atoms with van der Waals surface area (Å²) in [5.41, 5.74) is 1.08. The number of aromatic nitrogens is 3. The van der Waals surface area contributed by atoms with E-state index in [0.29, 0.717) is 6.61 Å². The molecular weight excluding hydrogens is 256 g/mol. The van der Waals surface area contributed by atoms with Crippen molar-refractivity contribution in [2.24, 2.45) is 7.05 Å². The first kappa shape index (κ1) is 14.3. The number of hydrogen-bond donors (Lipinski definition) is 1. The summed E-state index contributed by atoms with van der Waals surface area (Å²) in [7, 11) is 5.47. The van der Waals surface area contributed by atoms with E-state index in [1.165, 1.54) is 0 Å². The molecule has 1 N–H and O–H groups in total. The van der Waals surface area contributed by atoms with E-state index in [0.717, 1.165) is 35.3 Å². The molecule has 0 unspecified atom stereocenters. The van der Waals surface area contributed by atoms with Gasteiger partial charge in [0.25, 0.3) is 0 Å². The smallest absolute Gasteiger partial charge is 0.170 e. The quantitative estimate of drug-likeness (QED) is 0.865. The van der Waals surface area contributed by atoms with E-state index in [4.69, 9.17) is 9.47 Å².